The first-order chi connectivity index (χ1) is 10.2. The van der Waals surface area contributed by atoms with Gasteiger partial charge in [-0.05, 0) is 41.6 Å². The van der Waals surface area contributed by atoms with E-state index in [1.807, 2.05) is 24.3 Å². The maximum Gasteiger partial charge on any atom is 0.171 e. The van der Waals surface area contributed by atoms with Gasteiger partial charge in [-0.3, -0.25) is 0 Å². The number of hydrogen-bond donors (Lipinski definition) is 2. The highest BCUT2D eigenvalue weighted by molar-refractivity contribution is 7.99. The fourth-order valence-corrected chi connectivity index (χ4v) is 2.80. The first-order valence-corrected chi connectivity index (χ1v) is 7.21. The van der Waals surface area contributed by atoms with Gasteiger partial charge in [-0.1, -0.05) is 6.07 Å². The second kappa shape index (κ2) is 5.75. The Bertz CT molecular complexity index is 788. The Balaban J connectivity index is 1.91. The largest absolute Gasteiger partial charge is 0.497 e. The van der Waals surface area contributed by atoms with Crippen molar-refractivity contribution in [1.82, 2.24) is 9.97 Å². The summed E-state index contributed by atoms with van der Waals surface area (Å²) < 4.78 is 19.1. The number of imidazole rings is 1. The predicted octanol–water partition coefficient (Wildman–Crippen LogP) is 3.32. The molecule has 0 amide bonds. The summed E-state index contributed by atoms with van der Waals surface area (Å²) >= 11 is 1.25. The maximum atomic E-state index is 14.0. The minimum atomic E-state index is -0.291. The lowest BCUT2D eigenvalue weighted by atomic mass is 10.2. The van der Waals surface area contributed by atoms with E-state index in [1.54, 1.807) is 13.2 Å². The second-order valence-corrected chi connectivity index (χ2v) is 5.53. The predicted molar refractivity (Wildman–Crippen MR) is 81.1 cm³/mol. The van der Waals surface area contributed by atoms with Crippen LogP contribution in [0.15, 0.2) is 46.5 Å². The van der Waals surface area contributed by atoms with Crippen molar-refractivity contribution in [3.8, 4) is 5.75 Å². The number of benzene rings is 2. The van der Waals surface area contributed by atoms with Crippen LogP contribution in [0, 0.1) is 5.82 Å². The van der Waals surface area contributed by atoms with E-state index < -0.39 is 0 Å². The molecular formula is C15H14FN3OS. The molecule has 1 heterocycles. The molecule has 0 radical (unpaired) electrons. The van der Waals surface area contributed by atoms with Gasteiger partial charge in [-0.2, -0.15) is 0 Å². The van der Waals surface area contributed by atoms with Crippen LogP contribution in [0.1, 0.15) is 5.56 Å². The van der Waals surface area contributed by atoms with Crippen LogP contribution < -0.4 is 10.5 Å². The molecule has 0 aliphatic heterocycles. The van der Waals surface area contributed by atoms with Gasteiger partial charge >= 0.3 is 0 Å². The van der Waals surface area contributed by atoms with E-state index in [2.05, 4.69) is 9.97 Å². The number of ether oxygens (including phenoxy) is 1. The molecule has 6 heteroatoms. The molecule has 0 saturated carbocycles. The Morgan fingerprint density at radius 2 is 2.14 bits per heavy atom. The van der Waals surface area contributed by atoms with Gasteiger partial charge in [-0.25, -0.2) is 9.37 Å². The number of H-pyrrole nitrogens is 1. The van der Waals surface area contributed by atoms with Crippen molar-refractivity contribution in [2.24, 2.45) is 5.73 Å². The van der Waals surface area contributed by atoms with Gasteiger partial charge in [0, 0.05) is 12.6 Å². The van der Waals surface area contributed by atoms with Gasteiger partial charge < -0.3 is 15.5 Å². The van der Waals surface area contributed by atoms with Crippen molar-refractivity contribution in [2.75, 3.05) is 7.11 Å². The molecular weight excluding hydrogens is 289 g/mol. The van der Waals surface area contributed by atoms with Crippen molar-refractivity contribution in [2.45, 2.75) is 16.6 Å². The highest BCUT2D eigenvalue weighted by atomic mass is 32.2. The minimum Gasteiger partial charge on any atom is -0.497 e. The van der Waals surface area contributed by atoms with Gasteiger partial charge in [-0.15, -0.1) is 0 Å². The number of methoxy groups -OCH3 is 1. The standard InChI is InChI=1S/C15H14FN3OS/c1-20-10-3-4-12-13(7-10)19-15(18-12)21-14-5-2-9(8-17)6-11(14)16/h2-7H,8,17H2,1H3,(H,18,19). The van der Waals surface area contributed by atoms with E-state index in [1.165, 1.54) is 17.8 Å². The van der Waals surface area contributed by atoms with Gasteiger partial charge in [0.15, 0.2) is 5.16 Å². The van der Waals surface area contributed by atoms with E-state index in [4.69, 9.17) is 10.5 Å². The van der Waals surface area contributed by atoms with Crippen LogP contribution in [0.3, 0.4) is 0 Å². The molecule has 0 atom stereocenters. The number of nitrogens with two attached hydrogens (primary N) is 1. The van der Waals surface area contributed by atoms with Gasteiger partial charge in [0.1, 0.15) is 11.6 Å². The first kappa shape index (κ1) is 13.9. The van der Waals surface area contributed by atoms with Crippen molar-refractivity contribution < 1.29 is 9.13 Å². The van der Waals surface area contributed by atoms with E-state index in [9.17, 15) is 4.39 Å². The normalized spacial score (nSPS) is 11.0. The van der Waals surface area contributed by atoms with Crippen LogP contribution in [0.25, 0.3) is 11.0 Å². The molecule has 3 N–H and O–H groups in total. The highest BCUT2D eigenvalue weighted by Gasteiger charge is 2.09. The van der Waals surface area contributed by atoms with Crippen LogP contribution in [-0.4, -0.2) is 17.1 Å². The van der Waals surface area contributed by atoms with E-state index in [0.717, 1.165) is 22.3 Å². The topological polar surface area (TPSA) is 63.9 Å². The van der Waals surface area contributed by atoms with Crippen LogP contribution >= 0.6 is 11.8 Å². The van der Waals surface area contributed by atoms with Crippen LogP contribution in [0.4, 0.5) is 4.39 Å². The molecule has 0 unspecified atom stereocenters. The zero-order valence-electron chi connectivity index (χ0n) is 11.4. The monoisotopic (exact) mass is 303 g/mol. The summed E-state index contributed by atoms with van der Waals surface area (Å²) in [5, 5.41) is 0.637. The summed E-state index contributed by atoms with van der Waals surface area (Å²) in [6.07, 6.45) is 0. The van der Waals surface area contributed by atoms with Crippen molar-refractivity contribution >= 4 is 22.8 Å². The Hall–Kier alpha value is -2.05. The molecule has 4 nitrogen and oxygen atoms in total. The van der Waals surface area contributed by atoms with Crippen LogP contribution in [-0.2, 0) is 6.54 Å². The summed E-state index contributed by atoms with van der Waals surface area (Å²) in [6.45, 7) is 0.326. The number of nitrogens with one attached hydrogen (secondary N) is 1. The average Bonchev–Trinajstić information content (AvgIpc) is 2.90. The van der Waals surface area contributed by atoms with Crippen molar-refractivity contribution in [1.29, 1.82) is 0 Å². The fourth-order valence-electron chi connectivity index (χ4n) is 2.00. The Labute approximate surface area is 125 Å². The quantitative estimate of drug-likeness (QED) is 0.776. The molecule has 0 spiro atoms. The number of halogens is 1. The summed E-state index contributed by atoms with van der Waals surface area (Å²) in [4.78, 5) is 8.09. The summed E-state index contributed by atoms with van der Waals surface area (Å²) in [5.74, 6) is 0.460. The molecule has 0 aliphatic rings. The number of rotatable bonds is 4. The molecule has 0 saturated heterocycles. The lowest BCUT2D eigenvalue weighted by molar-refractivity contribution is 0.415. The molecule has 1 aromatic heterocycles. The molecule has 0 bridgehead atoms. The molecule has 0 aliphatic carbocycles. The number of fused-ring (bicyclic) bond motifs is 1. The smallest absolute Gasteiger partial charge is 0.171 e. The average molecular weight is 303 g/mol. The zero-order chi connectivity index (χ0) is 14.8. The maximum absolute atomic E-state index is 14.0. The zero-order valence-corrected chi connectivity index (χ0v) is 12.2. The Morgan fingerprint density at radius 3 is 2.86 bits per heavy atom. The van der Waals surface area contributed by atoms with E-state index in [-0.39, 0.29) is 5.82 Å². The summed E-state index contributed by atoms with van der Waals surface area (Å²) in [6, 6.07) is 10.6. The molecule has 3 aromatic rings. The van der Waals surface area contributed by atoms with Crippen LogP contribution in [0.5, 0.6) is 5.75 Å². The van der Waals surface area contributed by atoms with Crippen LogP contribution in [0.2, 0.25) is 0 Å². The summed E-state index contributed by atoms with van der Waals surface area (Å²) in [7, 11) is 1.61. The number of nitrogens with zero attached hydrogens (tertiary/aromatic N) is 1. The highest BCUT2D eigenvalue weighted by Crippen LogP contribution is 2.30. The number of hydrogen-bond acceptors (Lipinski definition) is 4. The molecule has 0 fully saturated rings. The third-order valence-electron chi connectivity index (χ3n) is 3.11. The fraction of sp³-hybridized carbons (Fsp3) is 0.133. The Morgan fingerprint density at radius 1 is 1.29 bits per heavy atom. The van der Waals surface area contributed by atoms with Crippen molar-refractivity contribution in [3.05, 3.63) is 47.8 Å². The first-order valence-electron chi connectivity index (χ1n) is 6.39. The molecule has 3 rings (SSSR count). The number of aromatic nitrogens is 2. The second-order valence-electron chi connectivity index (χ2n) is 4.50. The lowest BCUT2D eigenvalue weighted by Gasteiger charge is -2.02. The van der Waals surface area contributed by atoms with Gasteiger partial charge in [0.05, 0.1) is 23.0 Å². The SMILES string of the molecule is COc1ccc2nc(Sc3ccc(CN)cc3F)[nH]c2c1. The third kappa shape index (κ3) is 2.86. The lowest BCUT2D eigenvalue weighted by Crippen LogP contribution is -1.97. The Kier molecular flexibility index (Phi) is 3.81. The minimum absolute atomic E-state index is 0.291. The molecule has 2 aromatic carbocycles. The third-order valence-corrected chi connectivity index (χ3v) is 4.04. The van der Waals surface area contributed by atoms with Crippen molar-refractivity contribution in [3.63, 3.8) is 0 Å². The van der Waals surface area contributed by atoms with Gasteiger partial charge in [0.25, 0.3) is 0 Å². The molecule has 108 valence electrons. The number of aromatic amines is 1. The van der Waals surface area contributed by atoms with Gasteiger partial charge in [0.2, 0.25) is 0 Å². The van der Waals surface area contributed by atoms with E-state index in [0.29, 0.717) is 16.6 Å². The molecule has 21 heavy (non-hydrogen) atoms. The van der Waals surface area contributed by atoms with E-state index >= 15 is 0 Å². The summed E-state index contributed by atoms with van der Waals surface area (Å²) in [5.41, 5.74) is 7.94.